The first-order valence-corrected chi connectivity index (χ1v) is 6.50. The lowest BCUT2D eigenvalue weighted by Gasteiger charge is -2.21. The molecule has 19 heavy (non-hydrogen) atoms. The van der Waals surface area contributed by atoms with E-state index in [0.717, 1.165) is 0 Å². The van der Waals surface area contributed by atoms with E-state index >= 15 is 0 Å². The Balaban J connectivity index is 2.00. The summed E-state index contributed by atoms with van der Waals surface area (Å²) >= 11 is 12.0. The van der Waals surface area contributed by atoms with Crippen LogP contribution in [0.1, 0.15) is 17.4 Å². The SMILES string of the molecule is NC(c1ccc(Cl)o1)c1cc2c(cc1Cl)OCCO2. The van der Waals surface area contributed by atoms with Gasteiger partial charge in [0.15, 0.2) is 16.7 Å². The summed E-state index contributed by atoms with van der Waals surface area (Å²) in [6.07, 6.45) is 0. The number of rotatable bonds is 2. The summed E-state index contributed by atoms with van der Waals surface area (Å²) in [5.41, 5.74) is 6.84. The largest absolute Gasteiger partial charge is 0.486 e. The van der Waals surface area contributed by atoms with E-state index in [1.807, 2.05) is 0 Å². The molecule has 4 nitrogen and oxygen atoms in total. The van der Waals surface area contributed by atoms with E-state index < -0.39 is 6.04 Å². The number of benzene rings is 1. The van der Waals surface area contributed by atoms with Gasteiger partial charge in [-0.15, -0.1) is 0 Å². The van der Waals surface area contributed by atoms with Gasteiger partial charge in [-0.05, 0) is 35.4 Å². The summed E-state index contributed by atoms with van der Waals surface area (Å²) in [7, 11) is 0. The Bertz CT molecular complexity index is 612. The smallest absolute Gasteiger partial charge is 0.193 e. The van der Waals surface area contributed by atoms with Gasteiger partial charge in [-0.1, -0.05) is 11.6 Å². The fourth-order valence-electron chi connectivity index (χ4n) is 1.97. The summed E-state index contributed by atoms with van der Waals surface area (Å²) in [5.74, 6) is 1.81. The first kappa shape index (κ1) is 12.7. The van der Waals surface area contributed by atoms with Crippen molar-refractivity contribution in [2.75, 3.05) is 13.2 Å². The van der Waals surface area contributed by atoms with Crippen LogP contribution in [-0.4, -0.2) is 13.2 Å². The highest BCUT2D eigenvalue weighted by molar-refractivity contribution is 6.31. The molecule has 0 fully saturated rings. The van der Waals surface area contributed by atoms with E-state index in [4.69, 9.17) is 42.8 Å². The third-order valence-electron chi connectivity index (χ3n) is 2.90. The van der Waals surface area contributed by atoms with E-state index in [1.165, 1.54) is 0 Å². The van der Waals surface area contributed by atoms with E-state index in [1.54, 1.807) is 24.3 Å². The highest BCUT2D eigenvalue weighted by Crippen LogP contribution is 2.39. The van der Waals surface area contributed by atoms with Crippen LogP contribution in [0.3, 0.4) is 0 Å². The standard InChI is InChI=1S/C13H11Cl2NO3/c14-8-6-11-10(17-3-4-18-11)5-7(8)13(16)9-1-2-12(15)19-9/h1-2,5-6,13H,3-4,16H2. The van der Waals surface area contributed by atoms with Crippen molar-refractivity contribution < 1.29 is 13.9 Å². The van der Waals surface area contributed by atoms with Crippen molar-refractivity contribution in [1.82, 2.24) is 0 Å². The molecule has 0 saturated carbocycles. The maximum absolute atomic E-state index is 6.22. The third kappa shape index (κ3) is 2.39. The van der Waals surface area contributed by atoms with Crippen molar-refractivity contribution >= 4 is 23.2 Å². The van der Waals surface area contributed by atoms with Crippen LogP contribution >= 0.6 is 23.2 Å². The number of hydrogen-bond acceptors (Lipinski definition) is 4. The van der Waals surface area contributed by atoms with Gasteiger partial charge < -0.3 is 19.6 Å². The van der Waals surface area contributed by atoms with Crippen molar-refractivity contribution in [1.29, 1.82) is 0 Å². The Morgan fingerprint density at radius 1 is 1.05 bits per heavy atom. The lowest BCUT2D eigenvalue weighted by Crippen LogP contribution is -2.17. The van der Waals surface area contributed by atoms with Crippen molar-refractivity contribution in [2.45, 2.75) is 6.04 Å². The Morgan fingerprint density at radius 2 is 1.74 bits per heavy atom. The molecule has 2 N–H and O–H groups in total. The highest BCUT2D eigenvalue weighted by atomic mass is 35.5. The molecule has 1 aliphatic rings. The van der Waals surface area contributed by atoms with Gasteiger partial charge in [-0.3, -0.25) is 0 Å². The number of nitrogens with two attached hydrogens (primary N) is 1. The molecule has 0 radical (unpaired) electrons. The lowest BCUT2D eigenvalue weighted by atomic mass is 10.0. The molecule has 1 unspecified atom stereocenters. The number of ether oxygens (including phenoxy) is 2. The van der Waals surface area contributed by atoms with Gasteiger partial charge in [0.2, 0.25) is 0 Å². The van der Waals surface area contributed by atoms with Gasteiger partial charge in [0, 0.05) is 11.1 Å². The van der Waals surface area contributed by atoms with Crippen molar-refractivity contribution in [3.05, 3.63) is 45.8 Å². The molecule has 100 valence electrons. The van der Waals surface area contributed by atoms with Crippen LogP contribution < -0.4 is 15.2 Å². The molecule has 0 saturated heterocycles. The zero-order chi connectivity index (χ0) is 13.4. The topological polar surface area (TPSA) is 57.6 Å². The lowest BCUT2D eigenvalue weighted by molar-refractivity contribution is 0.171. The number of furan rings is 1. The van der Waals surface area contributed by atoms with Crippen LogP contribution in [0, 0.1) is 0 Å². The molecule has 1 aromatic heterocycles. The zero-order valence-corrected chi connectivity index (χ0v) is 11.4. The summed E-state index contributed by atoms with van der Waals surface area (Å²) in [6.45, 7) is 1.03. The van der Waals surface area contributed by atoms with Crippen molar-refractivity contribution in [3.63, 3.8) is 0 Å². The van der Waals surface area contributed by atoms with Gasteiger partial charge in [0.1, 0.15) is 19.0 Å². The second kappa shape index (κ2) is 4.96. The maximum Gasteiger partial charge on any atom is 0.193 e. The van der Waals surface area contributed by atoms with E-state index in [9.17, 15) is 0 Å². The predicted octanol–water partition coefficient (Wildman–Crippen LogP) is 3.41. The summed E-state index contributed by atoms with van der Waals surface area (Å²) in [6, 6.07) is 6.34. The van der Waals surface area contributed by atoms with Crippen LogP contribution in [0.4, 0.5) is 0 Å². The van der Waals surface area contributed by atoms with Crippen molar-refractivity contribution in [2.24, 2.45) is 5.73 Å². The summed E-state index contributed by atoms with van der Waals surface area (Å²) in [4.78, 5) is 0. The molecule has 2 aromatic rings. The average Bonchev–Trinajstić information content (AvgIpc) is 2.84. The fraction of sp³-hybridized carbons (Fsp3) is 0.231. The predicted molar refractivity (Wildman–Crippen MR) is 72.2 cm³/mol. The zero-order valence-electron chi connectivity index (χ0n) is 9.86. The van der Waals surface area contributed by atoms with E-state index in [-0.39, 0.29) is 0 Å². The van der Waals surface area contributed by atoms with E-state index in [2.05, 4.69) is 0 Å². The fourth-order valence-corrected chi connectivity index (χ4v) is 2.39. The molecule has 1 aliphatic heterocycles. The molecule has 6 heteroatoms. The van der Waals surface area contributed by atoms with Crippen LogP contribution in [-0.2, 0) is 0 Å². The van der Waals surface area contributed by atoms with Crippen molar-refractivity contribution in [3.8, 4) is 11.5 Å². The minimum Gasteiger partial charge on any atom is -0.486 e. The molecule has 0 bridgehead atoms. The number of hydrogen-bond donors (Lipinski definition) is 1. The Labute approximate surface area is 120 Å². The highest BCUT2D eigenvalue weighted by Gasteiger charge is 2.21. The van der Waals surface area contributed by atoms with Crippen LogP contribution in [0.15, 0.2) is 28.7 Å². The van der Waals surface area contributed by atoms with Crippen LogP contribution in [0.25, 0.3) is 0 Å². The second-order valence-corrected chi connectivity index (χ2v) is 4.92. The van der Waals surface area contributed by atoms with Gasteiger partial charge >= 0.3 is 0 Å². The monoisotopic (exact) mass is 299 g/mol. The Kier molecular flexibility index (Phi) is 3.31. The number of halogens is 2. The molecule has 0 amide bonds. The quantitative estimate of drug-likeness (QED) is 0.923. The van der Waals surface area contributed by atoms with Gasteiger partial charge in [-0.2, -0.15) is 0 Å². The molecular formula is C13H11Cl2NO3. The van der Waals surface area contributed by atoms with Crippen LogP contribution in [0.5, 0.6) is 11.5 Å². The molecule has 0 spiro atoms. The summed E-state index contributed by atoms with van der Waals surface area (Å²) < 4.78 is 16.3. The first-order valence-electron chi connectivity index (χ1n) is 5.75. The average molecular weight is 300 g/mol. The molecule has 1 aromatic carbocycles. The maximum atomic E-state index is 6.22. The van der Waals surface area contributed by atoms with E-state index in [0.29, 0.717) is 46.3 Å². The van der Waals surface area contributed by atoms with Gasteiger partial charge in [-0.25, -0.2) is 0 Å². The minimum atomic E-state index is -0.504. The third-order valence-corrected chi connectivity index (χ3v) is 3.43. The second-order valence-electron chi connectivity index (χ2n) is 4.14. The van der Waals surface area contributed by atoms with Crippen LogP contribution in [0.2, 0.25) is 10.2 Å². The molecule has 1 atom stereocenters. The minimum absolute atomic E-state index is 0.291. The van der Waals surface area contributed by atoms with Gasteiger partial charge in [0.05, 0.1) is 6.04 Å². The molecule has 3 rings (SSSR count). The molecule has 2 heterocycles. The normalized spacial score (nSPS) is 15.3. The Hall–Kier alpha value is -1.36. The van der Waals surface area contributed by atoms with Gasteiger partial charge in [0.25, 0.3) is 0 Å². The molecule has 0 aliphatic carbocycles. The summed E-state index contributed by atoms with van der Waals surface area (Å²) in [5, 5.41) is 0.795. The molecular weight excluding hydrogens is 289 g/mol. The first-order chi connectivity index (χ1) is 9.15. The Morgan fingerprint density at radius 3 is 2.37 bits per heavy atom. The number of fused-ring (bicyclic) bond motifs is 1.